The highest BCUT2D eigenvalue weighted by atomic mass is 16.6. The molecule has 3 nitrogen and oxygen atoms in total. The molecule has 0 aliphatic carbocycles. The van der Waals surface area contributed by atoms with Gasteiger partial charge in [-0.25, -0.2) is 0 Å². The zero-order chi connectivity index (χ0) is 10.4. The first kappa shape index (κ1) is 10.6. The third-order valence-corrected chi connectivity index (χ3v) is 1.59. The molecule has 0 fully saturated rings. The summed E-state index contributed by atoms with van der Waals surface area (Å²) >= 11 is 0. The molecule has 0 aromatic heterocycles. The van der Waals surface area contributed by atoms with Crippen molar-refractivity contribution in [3.05, 3.63) is 29.8 Å². The van der Waals surface area contributed by atoms with Crippen LogP contribution in [0.2, 0.25) is 0 Å². The van der Waals surface area contributed by atoms with Crippen LogP contribution in [0.4, 0.5) is 0 Å². The highest BCUT2D eigenvalue weighted by molar-refractivity contribution is 5.79. The Morgan fingerprint density at radius 2 is 1.86 bits per heavy atom. The van der Waals surface area contributed by atoms with Crippen molar-refractivity contribution in [1.82, 2.24) is 0 Å². The van der Waals surface area contributed by atoms with E-state index < -0.39 is 0 Å². The molecule has 0 spiro atoms. The molecular weight excluding hydrogens is 178 g/mol. The van der Waals surface area contributed by atoms with Crippen molar-refractivity contribution >= 4 is 6.21 Å². The monoisotopic (exact) mass is 193 g/mol. The van der Waals surface area contributed by atoms with Gasteiger partial charge in [-0.15, -0.1) is 0 Å². The second-order valence-electron chi connectivity index (χ2n) is 3.16. The summed E-state index contributed by atoms with van der Waals surface area (Å²) in [4.78, 5) is 5.04. The Morgan fingerprint density at radius 3 is 2.36 bits per heavy atom. The number of oxime groups is 1. The zero-order valence-corrected chi connectivity index (χ0v) is 8.73. The summed E-state index contributed by atoms with van der Waals surface area (Å²) < 4.78 is 5.04. The standard InChI is InChI=1S/C11H15NO2/c1-9(2)14-12-8-10-4-6-11(13-3)7-5-10/h4-9H,1-3H3. The van der Waals surface area contributed by atoms with Crippen molar-refractivity contribution < 1.29 is 9.57 Å². The zero-order valence-electron chi connectivity index (χ0n) is 8.73. The summed E-state index contributed by atoms with van der Waals surface area (Å²) in [6.45, 7) is 3.87. The average molecular weight is 193 g/mol. The molecule has 0 unspecified atom stereocenters. The van der Waals surface area contributed by atoms with E-state index in [9.17, 15) is 0 Å². The largest absolute Gasteiger partial charge is 0.497 e. The minimum atomic E-state index is 0.115. The van der Waals surface area contributed by atoms with E-state index in [1.165, 1.54) is 0 Å². The first-order chi connectivity index (χ1) is 6.72. The fraction of sp³-hybridized carbons (Fsp3) is 0.364. The van der Waals surface area contributed by atoms with Crippen LogP contribution in [0.25, 0.3) is 0 Å². The van der Waals surface area contributed by atoms with E-state index in [2.05, 4.69) is 5.16 Å². The molecule has 3 heteroatoms. The Morgan fingerprint density at radius 1 is 1.21 bits per heavy atom. The van der Waals surface area contributed by atoms with Gasteiger partial charge in [-0.1, -0.05) is 5.16 Å². The molecule has 0 heterocycles. The van der Waals surface area contributed by atoms with Gasteiger partial charge in [0.25, 0.3) is 0 Å². The van der Waals surface area contributed by atoms with Gasteiger partial charge >= 0.3 is 0 Å². The lowest BCUT2D eigenvalue weighted by molar-refractivity contribution is 0.0874. The Hall–Kier alpha value is -1.51. The van der Waals surface area contributed by atoms with Crippen molar-refractivity contribution in [3.63, 3.8) is 0 Å². The lowest BCUT2D eigenvalue weighted by atomic mass is 10.2. The first-order valence-electron chi connectivity index (χ1n) is 4.55. The molecule has 76 valence electrons. The fourth-order valence-electron chi connectivity index (χ4n) is 0.903. The maximum atomic E-state index is 5.04. The van der Waals surface area contributed by atoms with Crippen LogP contribution in [-0.2, 0) is 4.84 Å². The Balaban J connectivity index is 2.55. The van der Waals surface area contributed by atoms with E-state index in [0.717, 1.165) is 11.3 Å². The van der Waals surface area contributed by atoms with Crippen LogP contribution in [0.3, 0.4) is 0 Å². The van der Waals surface area contributed by atoms with Crippen LogP contribution in [0.1, 0.15) is 19.4 Å². The van der Waals surface area contributed by atoms with Crippen molar-refractivity contribution in [1.29, 1.82) is 0 Å². The maximum Gasteiger partial charge on any atom is 0.122 e. The summed E-state index contributed by atoms with van der Waals surface area (Å²) in [6, 6.07) is 7.62. The molecule has 0 aliphatic heterocycles. The van der Waals surface area contributed by atoms with Gasteiger partial charge < -0.3 is 9.57 Å². The van der Waals surface area contributed by atoms with E-state index in [0.29, 0.717) is 0 Å². The second kappa shape index (κ2) is 5.27. The molecule has 0 saturated carbocycles. The molecule has 0 amide bonds. The van der Waals surface area contributed by atoms with E-state index in [4.69, 9.17) is 9.57 Å². The highest BCUT2D eigenvalue weighted by Gasteiger charge is 1.91. The predicted molar refractivity (Wildman–Crippen MR) is 56.8 cm³/mol. The minimum Gasteiger partial charge on any atom is -0.497 e. The summed E-state index contributed by atoms with van der Waals surface area (Å²) in [5.74, 6) is 0.840. The Kier molecular flexibility index (Phi) is 3.98. The van der Waals surface area contributed by atoms with Crippen LogP contribution >= 0.6 is 0 Å². The number of hydrogen-bond acceptors (Lipinski definition) is 3. The van der Waals surface area contributed by atoms with Gasteiger partial charge in [0.1, 0.15) is 11.9 Å². The minimum absolute atomic E-state index is 0.115. The van der Waals surface area contributed by atoms with Crippen LogP contribution in [-0.4, -0.2) is 19.4 Å². The molecule has 1 aromatic rings. The van der Waals surface area contributed by atoms with Gasteiger partial charge in [-0.3, -0.25) is 0 Å². The molecular formula is C11H15NO2. The van der Waals surface area contributed by atoms with Crippen LogP contribution in [0, 0.1) is 0 Å². The summed E-state index contributed by atoms with van der Waals surface area (Å²) in [5, 5.41) is 3.83. The molecule has 0 radical (unpaired) electrons. The van der Waals surface area contributed by atoms with Crippen LogP contribution < -0.4 is 4.74 Å². The van der Waals surface area contributed by atoms with Gasteiger partial charge in [0.05, 0.1) is 13.3 Å². The highest BCUT2D eigenvalue weighted by Crippen LogP contribution is 2.09. The molecule has 0 atom stereocenters. The Bertz CT molecular complexity index is 291. The maximum absolute atomic E-state index is 5.04. The second-order valence-corrected chi connectivity index (χ2v) is 3.16. The van der Waals surface area contributed by atoms with Crippen molar-refractivity contribution in [2.75, 3.05) is 7.11 Å². The lowest BCUT2D eigenvalue weighted by Gasteiger charge is -2.01. The molecule has 1 rings (SSSR count). The van der Waals surface area contributed by atoms with Crippen molar-refractivity contribution in [2.24, 2.45) is 5.16 Å². The quantitative estimate of drug-likeness (QED) is 0.543. The summed E-state index contributed by atoms with van der Waals surface area (Å²) in [6.07, 6.45) is 1.80. The smallest absolute Gasteiger partial charge is 0.122 e. The van der Waals surface area contributed by atoms with Gasteiger partial charge in [0.15, 0.2) is 0 Å². The fourth-order valence-corrected chi connectivity index (χ4v) is 0.903. The molecule has 14 heavy (non-hydrogen) atoms. The van der Waals surface area contributed by atoms with E-state index >= 15 is 0 Å². The topological polar surface area (TPSA) is 30.8 Å². The number of ether oxygens (including phenoxy) is 1. The normalized spacial score (nSPS) is 10.9. The third-order valence-electron chi connectivity index (χ3n) is 1.59. The molecule has 0 bridgehead atoms. The van der Waals surface area contributed by atoms with E-state index in [1.807, 2.05) is 38.1 Å². The first-order valence-corrected chi connectivity index (χ1v) is 4.55. The van der Waals surface area contributed by atoms with Gasteiger partial charge in [0, 0.05) is 0 Å². The predicted octanol–water partition coefficient (Wildman–Crippen LogP) is 2.45. The molecule has 0 aliphatic rings. The number of benzene rings is 1. The van der Waals surface area contributed by atoms with E-state index in [-0.39, 0.29) is 6.10 Å². The molecule has 0 N–H and O–H groups in total. The van der Waals surface area contributed by atoms with Crippen LogP contribution in [0.5, 0.6) is 5.75 Å². The molecule has 1 aromatic carbocycles. The summed E-state index contributed by atoms with van der Waals surface area (Å²) in [7, 11) is 1.64. The number of methoxy groups -OCH3 is 1. The van der Waals surface area contributed by atoms with E-state index in [1.54, 1.807) is 13.3 Å². The van der Waals surface area contributed by atoms with Gasteiger partial charge in [0.2, 0.25) is 0 Å². The third kappa shape index (κ3) is 3.47. The van der Waals surface area contributed by atoms with Crippen LogP contribution in [0.15, 0.2) is 29.4 Å². The SMILES string of the molecule is COc1ccc(C=NOC(C)C)cc1. The Labute approximate surface area is 84.3 Å². The van der Waals surface area contributed by atoms with Gasteiger partial charge in [-0.05, 0) is 43.7 Å². The average Bonchev–Trinajstić information content (AvgIpc) is 2.18. The number of hydrogen-bond donors (Lipinski definition) is 0. The summed E-state index contributed by atoms with van der Waals surface area (Å²) in [5.41, 5.74) is 0.992. The lowest BCUT2D eigenvalue weighted by Crippen LogP contribution is -1.96. The number of rotatable bonds is 4. The van der Waals surface area contributed by atoms with Crippen molar-refractivity contribution in [2.45, 2.75) is 20.0 Å². The van der Waals surface area contributed by atoms with Gasteiger partial charge in [-0.2, -0.15) is 0 Å². The van der Waals surface area contributed by atoms with Crippen molar-refractivity contribution in [3.8, 4) is 5.75 Å². The molecule has 0 saturated heterocycles. The number of nitrogens with zero attached hydrogens (tertiary/aromatic N) is 1.